The number of aromatic nitrogens is 6. The van der Waals surface area contributed by atoms with Gasteiger partial charge >= 0.3 is 0 Å². The minimum absolute atomic E-state index is 0.0400. The van der Waals surface area contributed by atoms with Crippen LogP contribution >= 0.6 is 11.3 Å². The standard InChI is InChI=1S/C22H15F3N6OS/c1-30-19(15(10-26-30)22-27-16(11-33-22)20(24)25)17(32)7-12-5-6-31-18(8-12)28-21(29-31)13-3-2-4-14(23)9-13/h2-6,8-11,20H,7H2,1H3. The third kappa shape index (κ3) is 4.02. The first-order chi connectivity index (χ1) is 15.9. The van der Waals surface area contributed by atoms with Crippen LogP contribution in [-0.4, -0.2) is 35.1 Å². The average Bonchev–Trinajstić information content (AvgIpc) is 3.51. The number of pyridine rings is 1. The van der Waals surface area contributed by atoms with Crippen molar-refractivity contribution in [1.82, 2.24) is 29.4 Å². The zero-order valence-corrected chi connectivity index (χ0v) is 17.9. The van der Waals surface area contributed by atoms with Gasteiger partial charge in [0.1, 0.15) is 22.2 Å². The first-order valence-corrected chi connectivity index (χ1v) is 10.7. The molecular formula is C22H15F3N6OS. The number of alkyl halides is 2. The highest BCUT2D eigenvalue weighted by atomic mass is 32.1. The van der Waals surface area contributed by atoms with E-state index in [1.807, 2.05) is 0 Å². The van der Waals surface area contributed by atoms with Crippen LogP contribution in [0, 0.1) is 5.82 Å². The van der Waals surface area contributed by atoms with E-state index in [1.54, 1.807) is 42.0 Å². The molecule has 33 heavy (non-hydrogen) atoms. The summed E-state index contributed by atoms with van der Waals surface area (Å²) in [5.41, 5.74) is 2.10. The van der Waals surface area contributed by atoms with Crippen molar-refractivity contribution >= 4 is 22.8 Å². The van der Waals surface area contributed by atoms with Gasteiger partial charge in [-0.3, -0.25) is 9.48 Å². The first-order valence-electron chi connectivity index (χ1n) is 9.79. The van der Waals surface area contributed by atoms with Crippen LogP contribution in [0.25, 0.3) is 27.6 Å². The Balaban J connectivity index is 1.43. The Bertz CT molecular complexity index is 1490. The van der Waals surface area contributed by atoms with Gasteiger partial charge in [-0.2, -0.15) is 5.10 Å². The lowest BCUT2D eigenvalue weighted by Gasteiger charge is -2.05. The number of ketones is 1. The van der Waals surface area contributed by atoms with Crippen molar-refractivity contribution in [3.8, 4) is 22.0 Å². The minimum atomic E-state index is -2.68. The highest BCUT2D eigenvalue weighted by Crippen LogP contribution is 2.31. The van der Waals surface area contributed by atoms with Crippen molar-refractivity contribution in [2.75, 3.05) is 0 Å². The lowest BCUT2D eigenvalue weighted by Crippen LogP contribution is -2.11. The molecule has 0 N–H and O–H groups in total. The molecule has 5 rings (SSSR count). The van der Waals surface area contributed by atoms with Gasteiger partial charge in [-0.25, -0.2) is 27.7 Å². The summed E-state index contributed by atoms with van der Waals surface area (Å²) in [7, 11) is 1.62. The van der Waals surface area contributed by atoms with E-state index in [0.717, 1.165) is 11.3 Å². The fourth-order valence-corrected chi connectivity index (χ4v) is 4.31. The molecule has 1 aromatic carbocycles. The Hall–Kier alpha value is -3.86. The molecule has 166 valence electrons. The van der Waals surface area contributed by atoms with E-state index in [9.17, 15) is 18.0 Å². The number of thiazole rings is 1. The van der Waals surface area contributed by atoms with Crippen LogP contribution in [0.15, 0.2) is 54.2 Å². The average molecular weight is 468 g/mol. The van der Waals surface area contributed by atoms with Crippen molar-refractivity contribution < 1.29 is 18.0 Å². The van der Waals surface area contributed by atoms with Crippen molar-refractivity contribution in [2.45, 2.75) is 12.8 Å². The number of hydrogen-bond donors (Lipinski definition) is 0. The van der Waals surface area contributed by atoms with E-state index < -0.39 is 6.43 Å². The summed E-state index contributed by atoms with van der Waals surface area (Å²) in [5.74, 6) is -0.260. The zero-order chi connectivity index (χ0) is 23.1. The number of halogens is 3. The van der Waals surface area contributed by atoms with Crippen molar-refractivity contribution in [3.05, 3.63) is 76.9 Å². The zero-order valence-electron chi connectivity index (χ0n) is 17.1. The number of rotatable bonds is 6. The molecule has 0 unspecified atom stereocenters. The van der Waals surface area contributed by atoms with Gasteiger partial charge in [0, 0.05) is 30.6 Å². The van der Waals surface area contributed by atoms with E-state index in [2.05, 4.69) is 20.2 Å². The number of Topliss-reactive ketones (excluding diaryl/α,β-unsaturated/α-hetero) is 1. The molecule has 0 saturated carbocycles. The van der Waals surface area contributed by atoms with Gasteiger partial charge in [-0.1, -0.05) is 12.1 Å². The largest absolute Gasteiger partial charge is 0.292 e. The predicted molar refractivity (Wildman–Crippen MR) is 116 cm³/mol. The van der Waals surface area contributed by atoms with Crippen LogP contribution in [-0.2, 0) is 13.5 Å². The maximum absolute atomic E-state index is 13.5. The number of fused-ring (bicyclic) bond motifs is 1. The van der Waals surface area contributed by atoms with Crippen LogP contribution in [0.1, 0.15) is 28.2 Å². The second-order valence-electron chi connectivity index (χ2n) is 7.29. The van der Waals surface area contributed by atoms with Gasteiger partial charge in [0.25, 0.3) is 6.43 Å². The van der Waals surface area contributed by atoms with E-state index in [4.69, 9.17) is 0 Å². The quantitative estimate of drug-likeness (QED) is 0.336. The second kappa shape index (κ2) is 8.24. The predicted octanol–water partition coefficient (Wildman–Crippen LogP) is 4.76. The molecule has 11 heteroatoms. The summed E-state index contributed by atoms with van der Waals surface area (Å²) in [4.78, 5) is 21.5. The maximum atomic E-state index is 13.5. The third-order valence-corrected chi connectivity index (χ3v) is 5.92. The molecule has 0 aliphatic heterocycles. The van der Waals surface area contributed by atoms with Crippen LogP contribution in [0.5, 0.6) is 0 Å². The Labute approximate surface area is 189 Å². The molecule has 0 aliphatic rings. The molecule has 0 saturated heterocycles. The molecule has 0 bridgehead atoms. The monoisotopic (exact) mass is 468 g/mol. The lowest BCUT2D eigenvalue weighted by molar-refractivity contribution is 0.0984. The van der Waals surface area contributed by atoms with Crippen molar-refractivity contribution in [3.63, 3.8) is 0 Å². The van der Waals surface area contributed by atoms with E-state index in [1.165, 1.54) is 28.4 Å². The summed E-state index contributed by atoms with van der Waals surface area (Å²) in [6.45, 7) is 0. The normalized spacial score (nSPS) is 11.5. The Morgan fingerprint density at radius 1 is 1.18 bits per heavy atom. The second-order valence-corrected chi connectivity index (χ2v) is 8.15. The third-order valence-electron chi connectivity index (χ3n) is 5.03. The van der Waals surface area contributed by atoms with Crippen LogP contribution in [0.3, 0.4) is 0 Å². The first kappa shape index (κ1) is 21.0. The summed E-state index contributed by atoms with van der Waals surface area (Å²) < 4.78 is 42.4. The van der Waals surface area contributed by atoms with Gasteiger partial charge < -0.3 is 0 Å². The molecule has 0 aliphatic carbocycles. The van der Waals surface area contributed by atoms with Crippen LogP contribution in [0.2, 0.25) is 0 Å². The lowest BCUT2D eigenvalue weighted by atomic mass is 10.1. The topological polar surface area (TPSA) is 78.0 Å². The number of hydrogen-bond acceptors (Lipinski definition) is 6. The molecular weight excluding hydrogens is 453 g/mol. The van der Waals surface area contributed by atoms with E-state index in [-0.39, 0.29) is 29.4 Å². The molecule has 0 atom stereocenters. The van der Waals surface area contributed by atoms with E-state index >= 15 is 0 Å². The minimum Gasteiger partial charge on any atom is -0.292 e. The fraction of sp³-hybridized carbons (Fsp3) is 0.136. The van der Waals surface area contributed by atoms with Crippen LogP contribution < -0.4 is 0 Å². The molecule has 0 fully saturated rings. The summed E-state index contributed by atoms with van der Waals surface area (Å²) >= 11 is 1.04. The maximum Gasteiger partial charge on any atom is 0.281 e. The van der Waals surface area contributed by atoms with Crippen molar-refractivity contribution in [1.29, 1.82) is 0 Å². The number of carbonyl (C=O) groups excluding carboxylic acids is 1. The van der Waals surface area contributed by atoms with Crippen LogP contribution in [0.4, 0.5) is 13.2 Å². The molecule has 0 amide bonds. The molecule has 7 nitrogen and oxygen atoms in total. The molecule has 4 aromatic heterocycles. The molecule has 0 radical (unpaired) electrons. The van der Waals surface area contributed by atoms with Gasteiger partial charge in [0.05, 0.1) is 11.8 Å². The Kier molecular flexibility index (Phi) is 5.25. The van der Waals surface area contributed by atoms with Gasteiger partial charge in [-0.05, 0) is 29.8 Å². The van der Waals surface area contributed by atoms with Gasteiger partial charge in [0.2, 0.25) is 0 Å². The molecule has 0 spiro atoms. The Morgan fingerprint density at radius 2 is 2.03 bits per heavy atom. The highest BCUT2D eigenvalue weighted by Gasteiger charge is 2.22. The number of benzene rings is 1. The molecule has 5 aromatic rings. The molecule has 4 heterocycles. The highest BCUT2D eigenvalue weighted by molar-refractivity contribution is 7.13. The van der Waals surface area contributed by atoms with E-state index in [0.29, 0.717) is 33.2 Å². The SMILES string of the molecule is Cn1ncc(-c2nc(C(F)F)cs2)c1C(=O)Cc1ccn2nc(-c3cccc(F)c3)nc2c1. The smallest absolute Gasteiger partial charge is 0.281 e. The number of carbonyl (C=O) groups is 1. The van der Waals surface area contributed by atoms with Crippen molar-refractivity contribution in [2.24, 2.45) is 7.05 Å². The summed E-state index contributed by atoms with van der Waals surface area (Å²) in [6.07, 6.45) is 0.484. The number of nitrogens with zero attached hydrogens (tertiary/aromatic N) is 6. The van der Waals surface area contributed by atoms with Gasteiger partial charge in [0.15, 0.2) is 17.3 Å². The van der Waals surface area contributed by atoms with Gasteiger partial charge in [-0.15, -0.1) is 16.4 Å². The summed E-state index contributed by atoms with van der Waals surface area (Å²) in [5, 5.41) is 10.1. The number of aryl methyl sites for hydroxylation is 1. The fourth-order valence-electron chi connectivity index (χ4n) is 3.49. The Morgan fingerprint density at radius 3 is 2.79 bits per heavy atom. The summed E-state index contributed by atoms with van der Waals surface area (Å²) in [6, 6.07) is 9.45.